The first-order valence-corrected chi connectivity index (χ1v) is 27.5. The third-order valence-corrected chi connectivity index (χ3v) is 29.8. The van der Waals surface area contributed by atoms with Crippen LogP contribution in [-0.2, 0) is 5.92 Å². The maximum absolute atomic E-state index is 16.5. The minimum absolute atomic E-state index is 0.0158. The van der Waals surface area contributed by atoms with Crippen LogP contribution in [0.25, 0.3) is 11.1 Å². The highest BCUT2D eigenvalue weighted by atomic mass is 28.4. The third-order valence-electron chi connectivity index (χ3n) is 12.4. The lowest BCUT2D eigenvalue weighted by Crippen LogP contribution is -2.47. The van der Waals surface area contributed by atoms with Crippen molar-refractivity contribution in [3.8, 4) is 16.9 Å². The molecule has 0 spiro atoms. The number of benzene rings is 2. The Kier molecular flexibility index (Phi) is 15.5. The summed E-state index contributed by atoms with van der Waals surface area (Å²) in [6.07, 6.45) is 7.43. The molecule has 1 unspecified atom stereocenters. The van der Waals surface area contributed by atoms with Crippen molar-refractivity contribution in [2.75, 3.05) is 0 Å². The van der Waals surface area contributed by atoms with Gasteiger partial charge in [0.05, 0.1) is 21.7 Å². The van der Waals surface area contributed by atoms with E-state index in [2.05, 4.69) is 41.5 Å². The molecular weight excluding hydrogens is 721 g/mol. The fourth-order valence-electron chi connectivity index (χ4n) is 8.98. The molecule has 3 rings (SSSR count). The van der Waals surface area contributed by atoms with E-state index in [1.807, 2.05) is 13.8 Å². The SMILES string of the molecule is CCC[Si](CCC)(CCC)CCCCCC[Si](CC[Si](CC)(CC)CC)(Oc1c(F)c(F)c2c(c1F)-c1c(cc(F)c(F)c1F)C2(F)F)C(C)C. The molecular formula is C39H60F8OSi3. The smallest absolute Gasteiger partial charge is 0.302 e. The lowest BCUT2D eigenvalue weighted by Gasteiger charge is -2.39. The molecule has 0 amide bonds. The molecule has 0 fully saturated rings. The van der Waals surface area contributed by atoms with Gasteiger partial charge in [-0.2, -0.15) is 13.2 Å². The largest absolute Gasteiger partial charge is 0.539 e. The van der Waals surface area contributed by atoms with Gasteiger partial charge in [0, 0.05) is 16.7 Å². The third kappa shape index (κ3) is 8.84. The van der Waals surface area contributed by atoms with Crippen LogP contribution in [0, 0.1) is 34.9 Å². The Morgan fingerprint density at radius 3 is 1.59 bits per heavy atom. The highest BCUT2D eigenvalue weighted by Gasteiger charge is 2.54. The molecule has 1 nitrogen and oxygen atoms in total. The van der Waals surface area contributed by atoms with Crippen LogP contribution in [-0.4, -0.2) is 24.5 Å². The second-order valence-corrected chi connectivity index (χ2v) is 30.7. The standard InChI is InChI=1S/C39H60F8OSi3/c1-9-19-50(20-10-2,21-11-3)22-17-15-16-18-23-51(27(7)8,25-24-49(12-4,13-5)14-6)48-38-35(43)31-30-28(26-29(40)33(41)34(30)42)39(46,47)32(31)36(44)37(38)45/h26-27H,9-25H2,1-8H3. The highest BCUT2D eigenvalue weighted by molar-refractivity contribution is 6.83. The lowest BCUT2D eigenvalue weighted by atomic mass is 10.0. The zero-order valence-corrected chi connectivity index (χ0v) is 35.1. The summed E-state index contributed by atoms with van der Waals surface area (Å²) in [6.45, 7) is 17.2. The van der Waals surface area contributed by atoms with E-state index in [1.165, 1.54) is 43.4 Å². The van der Waals surface area contributed by atoms with Gasteiger partial charge in [-0.05, 0) is 23.7 Å². The molecule has 12 heteroatoms. The fraction of sp³-hybridized carbons (Fsp3) is 0.692. The van der Waals surface area contributed by atoms with Crippen molar-refractivity contribution >= 4 is 24.5 Å². The van der Waals surface area contributed by atoms with Crippen LogP contribution in [0.15, 0.2) is 6.07 Å². The first-order valence-electron chi connectivity index (χ1n) is 19.5. The van der Waals surface area contributed by atoms with Crippen molar-refractivity contribution in [2.24, 2.45) is 0 Å². The van der Waals surface area contributed by atoms with E-state index in [4.69, 9.17) is 4.43 Å². The van der Waals surface area contributed by atoms with E-state index < -0.39 is 93.3 Å². The molecule has 1 aliphatic carbocycles. The van der Waals surface area contributed by atoms with E-state index in [0.29, 0.717) is 12.1 Å². The Bertz CT molecular complexity index is 1450. The van der Waals surface area contributed by atoms with Gasteiger partial charge in [0.1, 0.15) is 0 Å². The average molecular weight is 781 g/mol. The monoisotopic (exact) mass is 780 g/mol. The lowest BCUT2D eigenvalue weighted by molar-refractivity contribution is 0.0425. The van der Waals surface area contributed by atoms with Gasteiger partial charge in [0.2, 0.25) is 5.82 Å². The number of alkyl halides is 2. The quantitative estimate of drug-likeness (QED) is 0.0380. The summed E-state index contributed by atoms with van der Waals surface area (Å²) in [4.78, 5) is 0. The molecule has 0 bridgehead atoms. The summed E-state index contributed by atoms with van der Waals surface area (Å²) in [7, 11) is -6.30. The number of unbranched alkanes of at least 4 members (excludes halogenated alkanes) is 3. The Morgan fingerprint density at radius 1 is 0.569 bits per heavy atom. The second kappa shape index (κ2) is 18.1. The summed E-state index contributed by atoms with van der Waals surface area (Å²) in [5.41, 5.74) is -6.03. The van der Waals surface area contributed by atoms with Crippen molar-refractivity contribution in [2.45, 2.75) is 172 Å². The molecule has 290 valence electrons. The molecule has 2 aromatic rings. The van der Waals surface area contributed by atoms with Crippen LogP contribution in [0.4, 0.5) is 35.1 Å². The van der Waals surface area contributed by atoms with Gasteiger partial charge >= 0.3 is 5.92 Å². The van der Waals surface area contributed by atoms with Gasteiger partial charge in [0.25, 0.3) is 8.32 Å². The van der Waals surface area contributed by atoms with Gasteiger partial charge in [0.15, 0.2) is 34.8 Å². The Hall–Kier alpha value is -1.67. The molecule has 0 heterocycles. The van der Waals surface area contributed by atoms with Crippen molar-refractivity contribution in [3.63, 3.8) is 0 Å². The molecule has 1 atom stereocenters. The Balaban J connectivity index is 2.04. The number of hydrogen-bond donors (Lipinski definition) is 0. The van der Waals surface area contributed by atoms with Crippen LogP contribution in [0.5, 0.6) is 5.75 Å². The van der Waals surface area contributed by atoms with Crippen LogP contribution < -0.4 is 4.43 Å². The van der Waals surface area contributed by atoms with Crippen LogP contribution in [0.3, 0.4) is 0 Å². The van der Waals surface area contributed by atoms with Gasteiger partial charge in [-0.25, -0.2) is 22.0 Å². The topological polar surface area (TPSA) is 9.23 Å². The average Bonchev–Trinajstić information content (AvgIpc) is 3.33. The molecule has 0 saturated heterocycles. The minimum atomic E-state index is -4.50. The molecule has 51 heavy (non-hydrogen) atoms. The van der Waals surface area contributed by atoms with Crippen molar-refractivity contribution in [1.82, 2.24) is 0 Å². The fourth-order valence-corrected chi connectivity index (χ4v) is 24.3. The Morgan fingerprint density at radius 2 is 1.10 bits per heavy atom. The maximum Gasteiger partial charge on any atom is 0.302 e. The summed E-state index contributed by atoms with van der Waals surface area (Å²) >= 11 is 0. The normalized spacial score (nSPS) is 15.3. The molecule has 0 saturated carbocycles. The minimum Gasteiger partial charge on any atom is -0.539 e. The van der Waals surface area contributed by atoms with Crippen LogP contribution in [0.2, 0.25) is 66.0 Å². The maximum atomic E-state index is 16.5. The Labute approximate surface area is 304 Å². The van der Waals surface area contributed by atoms with Crippen LogP contribution in [0.1, 0.15) is 111 Å². The number of rotatable bonds is 22. The number of fused-ring (bicyclic) bond motifs is 3. The van der Waals surface area contributed by atoms with E-state index in [1.54, 1.807) is 0 Å². The van der Waals surface area contributed by atoms with E-state index in [0.717, 1.165) is 49.9 Å². The highest BCUT2D eigenvalue weighted by Crippen LogP contribution is 2.57. The van der Waals surface area contributed by atoms with Gasteiger partial charge < -0.3 is 4.43 Å². The predicted octanol–water partition coefficient (Wildman–Crippen LogP) is 15.1. The van der Waals surface area contributed by atoms with Gasteiger partial charge in [-0.3, -0.25) is 0 Å². The zero-order chi connectivity index (χ0) is 38.4. The molecule has 0 radical (unpaired) electrons. The summed E-state index contributed by atoms with van der Waals surface area (Å²) in [6, 6.07) is 10.3. The molecule has 0 N–H and O–H groups in total. The van der Waals surface area contributed by atoms with E-state index in [-0.39, 0.29) is 11.6 Å². The predicted molar refractivity (Wildman–Crippen MR) is 202 cm³/mol. The molecule has 0 aromatic heterocycles. The first kappa shape index (κ1) is 43.7. The number of hydrogen-bond acceptors (Lipinski definition) is 1. The van der Waals surface area contributed by atoms with Gasteiger partial charge in [-0.1, -0.05) is 149 Å². The molecule has 1 aliphatic rings. The summed E-state index contributed by atoms with van der Waals surface area (Å²) in [5.74, 6) is -17.5. The van der Waals surface area contributed by atoms with E-state index >= 15 is 26.3 Å². The molecule has 0 aliphatic heterocycles. The summed E-state index contributed by atoms with van der Waals surface area (Å²) in [5, 5.41) is 0. The molecule has 2 aromatic carbocycles. The number of halogens is 8. The summed E-state index contributed by atoms with van der Waals surface area (Å²) < 4.78 is 129. The van der Waals surface area contributed by atoms with E-state index in [9.17, 15) is 8.78 Å². The second-order valence-electron chi connectivity index (χ2n) is 15.6. The first-order chi connectivity index (χ1) is 24.0. The van der Waals surface area contributed by atoms with Crippen molar-refractivity contribution < 1.29 is 39.5 Å². The van der Waals surface area contributed by atoms with Crippen molar-refractivity contribution in [3.05, 3.63) is 52.1 Å². The van der Waals surface area contributed by atoms with Crippen LogP contribution >= 0.6 is 0 Å². The van der Waals surface area contributed by atoms with Gasteiger partial charge in [-0.15, -0.1) is 0 Å². The van der Waals surface area contributed by atoms with Crippen molar-refractivity contribution in [1.29, 1.82) is 0 Å². The zero-order valence-electron chi connectivity index (χ0n) is 32.1.